The molecule has 0 bridgehead atoms. The molecule has 1 heterocycles. The number of nitrogens with zero attached hydrogens (tertiary/aromatic N) is 2. The van der Waals surface area contributed by atoms with Crippen molar-refractivity contribution in [3.63, 3.8) is 0 Å². The van der Waals surface area contributed by atoms with Crippen LogP contribution in [0.15, 0.2) is 41.5 Å². The van der Waals surface area contributed by atoms with Crippen LogP contribution in [0.1, 0.15) is 37.4 Å². The van der Waals surface area contributed by atoms with Gasteiger partial charge in [0.15, 0.2) is 5.82 Å². The second kappa shape index (κ2) is 7.04. The third kappa shape index (κ3) is 3.70. The lowest BCUT2D eigenvalue weighted by Crippen LogP contribution is -2.25. The molecule has 0 radical (unpaired) electrons. The first kappa shape index (κ1) is 15.3. The van der Waals surface area contributed by atoms with Crippen LogP contribution in [0.3, 0.4) is 0 Å². The molecule has 0 amide bonds. The second-order valence-corrected chi connectivity index (χ2v) is 5.09. The second-order valence-electron chi connectivity index (χ2n) is 5.09. The summed E-state index contributed by atoms with van der Waals surface area (Å²) in [5, 5.41) is 3.19. The van der Waals surface area contributed by atoms with E-state index in [1.165, 1.54) is 0 Å². The Morgan fingerprint density at radius 3 is 2.67 bits per heavy atom. The van der Waals surface area contributed by atoms with E-state index >= 15 is 0 Å². The van der Waals surface area contributed by atoms with Gasteiger partial charge in [-0.15, -0.1) is 0 Å². The minimum atomic E-state index is -0.0789. The fourth-order valence-electron chi connectivity index (χ4n) is 2.19. The summed E-state index contributed by atoms with van der Waals surface area (Å²) >= 11 is 0. The topological polar surface area (TPSA) is 72.9 Å². The first-order valence-electron chi connectivity index (χ1n) is 7.26. The molecule has 0 fully saturated rings. The molecule has 1 aromatic carbocycles. The summed E-state index contributed by atoms with van der Waals surface area (Å²) in [7, 11) is 0. The van der Waals surface area contributed by atoms with Gasteiger partial charge in [-0.2, -0.15) is 0 Å². The Hall–Kier alpha value is -2.14. The van der Waals surface area contributed by atoms with E-state index in [9.17, 15) is 4.79 Å². The summed E-state index contributed by atoms with van der Waals surface area (Å²) in [6.07, 6.45) is 4.29. The summed E-state index contributed by atoms with van der Waals surface area (Å²) in [6, 6.07) is 8.05. The molecule has 3 N–H and O–H groups in total. The highest BCUT2D eigenvalue weighted by Crippen LogP contribution is 2.16. The standard InChI is InChI=1S/C16H22N4O/c1-3-9-20-10-8-18-15(16(20)21)19-12(2)14-6-4-13(11-17)5-7-14/h4-8,10,12H,3,9,11,17H2,1-2H3,(H,18,19). The number of aromatic nitrogens is 2. The van der Waals surface area contributed by atoms with Gasteiger partial charge in [0, 0.05) is 25.5 Å². The fraction of sp³-hybridized carbons (Fsp3) is 0.375. The Morgan fingerprint density at radius 1 is 1.33 bits per heavy atom. The van der Waals surface area contributed by atoms with Crippen LogP contribution in [0.25, 0.3) is 0 Å². The highest BCUT2D eigenvalue weighted by atomic mass is 16.1. The summed E-state index contributed by atoms with van der Waals surface area (Å²) in [6.45, 7) is 5.29. The van der Waals surface area contributed by atoms with Crippen molar-refractivity contribution in [3.8, 4) is 0 Å². The average molecular weight is 286 g/mol. The van der Waals surface area contributed by atoms with Crippen LogP contribution in [0.2, 0.25) is 0 Å². The van der Waals surface area contributed by atoms with E-state index < -0.39 is 0 Å². The Kier molecular flexibility index (Phi) is 5.11. The maximum absolute atomic E-state index is 12.2. The predicted molar refractivity (Wildman–Crippen MR) is 85.2 cm³/mol. The molecule has 112 valence electrons. The van der Waals surface area contributed by atoms with Gasteiger partial charge in [0.25, 0.3) is 5.56 Å². The number of hydrogen-bond donors (Lipinski definition) is 2. The lowest BCUT2D eigenvalue weighted by atomic mass is 10.1. The molecule has 1 aromatic heterocycles. The molecule has 5 heteroatoms. The van der Waals surface area contributed by atoms with Gasteiger partial charge < -0.3 is 15.6 Å². The number of anilines is 1. The molecule has 21 heavy (non-hydrogen) atoms. The molecule has 2 aromatic rings. The SMILES string of the molecule is CCCn1ccnc(NC(C)c2ccc(CN)cc2)c1=O. The molecule has 1 atom stereocenters. The van der Waals surface area contributed by atoms with Crippen molar-refractivity contribution in [2.75, 3.05) is 5.32 Å². The zero-order chi connectivity index (χ0) is 15.2. The monoisotopic (exact) mass is 286 g/mol. The van der Waals surface area contributed by atoms with E-state index in [0.29, 0.717) is 18.9 Å². The van der Waals surface area contributed by atoms with Crippen molar-refractivity contribution in [1.82, 2.24) is 9.55 Å². The minimum absolute atomic E-state index is 0.00880. The molecule has 0 spiro atoms. The van der Waals surface area contributed by atoms with Gasteiger partial charge in [0.05, 0.1) is 6.04 Å². The van der Waals surface area contributed by atoms with E-state index in [0.717, 1.165) is 17.5 Å². The summed E-state index contributed by atoms with van der Waals surface area (Å²) in [5.41, 5.74) is 7.70. The van der Waals surface area contributed by atoms with Crippen molar-refractivity contribution in [1.29, 1.82) is 0 Å². The van der Waals surface area contributed by atoms with Crippen molar-refractivity contribution in [3.05, 3.63) is 58.1 Å². The minimum Gasteiger partial charge on any atom is -0.359 e. The van der Waals surface area contributed by atoms with E-state index in [1.54, 1.807) is 17.0 Å². The molecule has 0 aliphatic rings. The quantitative estimate of drug-likeness (QED) is 0.854. The van der Waals surface area contributed by atoms with Crippen LogP contribution in [-0.2, 0) is 13.1 Å². The molecule has 2 rings (SSSR count). The number of nitrogens with one attached hydrogen (secondary N) is 1. The third-order valence-electron chi connectivity index (χ3n) is 3.45. The van der Waals surface area contributed by atoms with Crippen molar-refractivity contribution in [2.24, 2.45) is 5.73 Å². The Bertz CT molecular complexity index is 633. The van der Waals surface area contributed by atoms with Gasteiger partial charge in [0.1, 0.15) is 0 Å². The molecule has 1 unspecified atom stereocenters. The van der Waals surface area contributed by atoms with Crippen LogP contribution < -0.4 is 16.6 Å². The summed E-state index contributed by atoms with van der Waals surface area (Å²) in [4.78, 5) is 16.4. The number of rotatable bonds is 6. The highest BCUT2D eigenvalue weighted by molar-refractivity contribution is 5.36. The van der Waals surface area contributed by atoms with E-state index in [1.807, 2.05) is 38.1 Å². The summed E-state index contributed by atoms with van der Waals surface area (Å²) < 4.78 is 1.68. The van der Waals surface area contributed by atoms with Crippen molar-refractivity contribution >= 4 is 5.82 Å². The van der Waals surface area contributed by atoms with Gasteiger partial charge in [0.2, 0.25) is 0 Å². The van der Waals surface area contributed by atoms with Crippen molar-refractivity contribution < 1.29 is 0 Å². The first-order chi connectivity index (χ1) is 10.2. The normalized spacial score (nSPS) is 12.1. The van der Waals surface area contributed by atoms with E-state index in [2.05, 4.69) is 10.3 Å². The van der Waals surface area contributed by atoms with Crippen LogP contribution in [-0.4, -0.2) is 9.55 Å². The maximum atomic E-state index is 12.2. The molecule has 0 aliphatic heterocycles. The first-order valence-corrected chi connectivity index (χ1v) is 7.26. The van der Waals surface area contributed by atoms with Crippen LogP contribution in [0.4, 0.5) is 5.82 Å². The fourth-order valence-corrected chi connectivity index (χ4v) is 2.19. The zero-order valence-corrected chi connectivity index (χ0v) is 12.5. The molecule has 0 saturated heterocycles. The van der Waals surface area contributed by atoms with Crippen molar-refractivity contribution in [2.45, 2.75) is 39.4 Å². The Labute approximate surface area is 124 Å². The molecule has 5 nitrogen and oxygen atoms in total. The van der Waals surface area contributed by atoms with Gasteiger partial charge in [-0.1, -0.05) is 31.2 Å². The number of benzene rings is 1. The lowest BCUT2D eigenvalue weighted by molar-refractivity contribution is 0.648. The largest absolute Gasteiger partial charge is 0.359 e. The molecule has 0 aliphatic carbocycles. The maximum Gasteiger partial charge on any atom is 0.293 e. The number of hydrogen-bond acceptors (Lipinski definition) is 4. The summed E-state index contributed by atoms with van der Waals surface area (Å²) in [5.74, 6) is 0.390. The molecule has 0 saturated carbocycles. The molecular formula is C16H22N4O. The van der Waals surface area contributed by atoms with Gasteiger partial charge in [-0.05, 0) is 24.5 Å². The van der Waals surface area contributed by atoms with Crippen LogP contribution in [0.5, 0.6) is 0 Å². The van der Waals surface area contributed by atoms with Gasteiger partial charge >= 0.3 is 0 Å². The average Bonchev–Trinajstić information content (AvgIpc) is 2.51. The smallest absolute Gasteiger partial charge is 0.293 e. The Morgan fingerprint density at radius 2 is 2.05 bits per heavy atom. The van der Waals surface area contributed by atoms with E-state index in [4.69, 9.17) is 5.73 Å². The van der Waals surface area contributed by atoms with E-state index in [-0.39, 0.29) is 11.6 Å². The lowest BCUT2D eigenvalue weighted by Gasteiger charge is -2.15. The van der Waals surface area contributed by atoms with Gasteiger partial charge in [-0.3, -0.25) is 4.79 Å². The highest BCUT2D eigenvalue weighted by Gasteiger charge is 2.10. The molecular weight excluding hydrogens is 264 g/mol. The zero-order valence-electron chi connectivity index (χ0n) is 12.5. The van der Waals surface area contributed by atoms with Gasteiger partial charge in [-0.25, -0.2) is 4.98 Å². The van der Waals surface area contributed by atoms with Crippen LogP contribution >= 0.6 is 0 Å². The van der Waals surface area contributed by atoms with Crippen LogP contribution in [0, 0.1) is 0 Å². The predicted octanol–water partition coefficient (Wildman–Crippen LogP) is 2.29. The number of nitrogens with two attached hydrogens (primary N) is 1. The Balaban J connectivity index is 2.17. The number of aryl methyl sites for hydroxylation is 1. The third-order valence-corrected chi connectivity index (χ3v) is 3.45.